The average molecular weight is 255 g/mol. The first-order valence-electron chi connectivity index (χ1n) is 6.31. The van der Waals surface area contributed by atoms with Crippen LogP contribution in [0.2, 0.25) is 0 Å². The predicted molar refractivity (Wildman–Crippen MR) is 63.0 cm³/mol. The van der Waals surface area contributed by atoms with Crippen LogP contribution in [-0.2, 0) is 4.74 Å². The molecule has 0 saturated carbocycles. The van der Waals surface area contributed by atoms with E-state index in [4.69, 9.17) is 0 Å². The highest BCUT2D eigenvalue weighted by molar-refractivity contribution is 4.56. The summed E-state index contributed by atoms with van der Waals surface area (Å²) in [5, 5.41) is 3.31. The van der Waals surface area contributed by atoms with Crippen LogP contribution in [0.3, 0.4) is 0 Å². The second kappa shape index (κ2) is 9.71. The molecule has 1 unspecified atom stereocenters. The van der Waals surface area contributed by atoms with Crippen molar-refractivity contribution in [3.8, 4) is 0 Å². The van der Waals surface area contributed by atoms with E-state index in [-0.39, 0.29) is 6.61 Å². The van der Waals surface area contributed by atoms with Crippen molar-refractivity contribution >= 4 is 0 Å². The van der Waals surface area contributed by atoms with Crippen LogP contribution in [0.1, 0.15) is 39.5 Å². The first kappa shape index (κ1) is 16.7. The van der Waals surface area contributed by atoms with Gasteiger partial charge >= 0.3 is 6.18 Å². The minimum absolute atomic E-state index is 0.201. The van der Waals surface area contributed by atoms with Gasteiger partial charge in [0.15, 0.2) is 0 Å². The fourth-order valence-corrected chi connectivity index (χ4v) is 1.52. The lowest BCUT2D eigenvalue weighted by atomic mass is 10.0. The van der Waals surface area contributed by atoms with E-state index in [1.807, 2.05) is 0 Å². The molecule has 0 rings (SSSR count). The largest absolute Gasteiger partial charge is 0.411 e. The lowest BCUT2D eigenvalue weighted by molar-refractivity contribution is -0.174. The van der Waals surface area contributed by atoms with Gasteiger partial charge in [-0.25, -0.2) is 0 Å². The van der Waals surface area contributed by atoms with Gasteiger partial charge in [-0.05, 0) is 44.7 Å². The Bertz CT molecular complexity index is 174. The molecule has 1 atom stereocenters. The molecule has 5 heteroatoms. The highest BCUT2D eigenvalue weighted by atomic mass is 19.4. The zero-order chi connectivity index (χ0) is 13.1. The monoisotopic (exact) mass is 255 g/mol. The number of ether oxygens (including phenoxy) is 1. The molecule has 17 heavy (non-hydrogen) atoms. The average Bonchev–Trinajstić information content (AvgIpc) is 2.22. The first-order chi connectivity index (χ1) is 7.95. The van der Waals surface area contributed by atoms with Crippen LogP contribution in [-0.4, -0.2) is 32.5 Å². The van der Waals surface area contributed by atoms with E-state index in [1.54, 1.807) is 0 Å². The summed E-state index contributed by atoms with van der Waals surface area (Å²) < 4.78 is 39.8. The summed E-state index contributed by atoms with van der Waals surface area (Å²) in [6.45, 7) is 5.33. The van der Waals surface area contributed by atoms with Gasteiger partial charge in [-0.1, -0.05) is 13.8 Å². The number of hydrogen-bond donors (Lipinski definition) is 1. The fraction of sp³-hybridized carbons (Fsp3) is 1.00. The van der Waals surface area contributed by atoms with Gasteiger partial charge < -0.3 is 10.1 Å². The summed E-state index contributed by atoms with van der Waals surface area (Å²) in [4.78, 5) is 0. The van der Waals surface area contributed by atoms with Crippen LogP contribution < -0.4 is 5.32 Å². The molecule has 104 valence electrons. The molecule has 0 spiro atoms. The molecule has 1 N–H and O–H groups in total. The molecule has 0 aromatic heterocycles. The highest BCUT2D eigenvalue weighted by Crippen LogP contribution is 2.15. The maximum Gasteiger partial charge on any atom is 0.411 e. The molecule has 0 aromatic rings. The maximum atomic E-state index is 11.7. The van der Waals surface area contributed by atoms with Crippen molar-refractivity contribution in [2.45, 2.75) is 45.7 Å². The Morgan fingerprint density at radius 1 is 1.18 bits per heavy atom. The summed E-state index contributed by atoms with van der Waals surface area (Å²) in [6, 6.07) is 0. The Morgan fingerprint density at radius 3 is 2.47 bits per heavy atom. The lowest BCUT2D eigenvalue weighted by Gasteiger charge is -2.12. The van der Waals surface area contributed by atoms with E-state index in [0.29, 0.717) is 12.3 Å². The third-order valence-electron chi connectivity index (χ3n) is 2.49. The summed E-state index contributed by atoms with van der Waals surface area (Å²) in [6.07, 6.45) is -0.384. The van der Waals surface area contributed by atoms with Crippen molar-refractivity contribution < 1.29 is 17.9 Å². The van der Waals surface area contributed by atoms with Gasteiger partial charge in [0.05, 0.1) is 0 Å². The molecule has 0 bridgehead atoms. The molecule has 2 nitrogen and oxygen atoms in total. The molecule has 0 fully saturated rings. The lowest BCUT2D eigenvalue weighted by Crippen LogP contribution is -2.19. The van der Waals surface area contributed by atoms with Gasteiger partial charge in [-0.3, -0.25) is 0 Å². The molecular formula is C12H24F3NO. The van der Waals surface area contributed by atoms with E-state index in [1.165, 1.54) is 0 Å². The second-order valence-electron chi connectivity index (χ2n) is 4.45. The van der Waals surface area contributed by atoms with Crippen LogP contribution in [0.15, 0.2) is 0 Å². The van der Waals surface area contributed by atoms with Gasteiger partial charge in [-0.2, -0.15) is 13.2 Å². The minimum Gasteiger partial charge on any atom is -0.372 e. The molecule has 0 aliphatic rings. The Kier molecular flexibility index (Phi) is 9.55. The molecule has 0 aliphatic heterocycles. The topological polar surface area (TPSA) is 21.3 Å². The Balaban J connectivity index is 3.24. The van der Waals surface area contributed by atoms with Gasteiger partial charge in [0, 0.05) is 6.61 Å². The molecule has 0 heterocycles. The molecule has 0 amide bonds. The van der Waals surface area contributed by atoms with Gasteiger partial charge in [0.1, 0.15) is 6.61 Å². The zero-order valence-corrected chi connectivity index (χ0v) is 10.8. The standard InChI is InChI=1S/C12H24F3NO/c1-3-7-16-8-6-11(2)5-4-9-17-10-12(13,14)15/h11,16H,3-10H2,1-2H3. The number of nitrogens with one attached hydrogen (secondary N) is 1. The molecule has 0 radical (unpaired) electrons. The highest BCUT2D eigenvalue weighted by Gasteiger charge is 2.27. The number of halogens is 3. The third kappa shape index (κ3) is 13.6. The Hall–Kier alpha value is -0.290. The van der Waals surface area contributed by atoms with Gasteiger partial charge in [0.2, 0.25) is 0 Å². The quantitative estimate of drug-likeness (QED) is 0.604. The van der Waals surface area contributed by atoms with E-state index in [2.05, 4.69) is 23.9 Å². The first-order valence-corrected chi connectivity index (χ1v) is 6.31. The van der Waals surface area contributed by atoms with E-state index in [9.17, 15) is 13.2 Å². The summed E-state index contributed by atoms with van der Waals surface area (Å²) in [7, 11) is 0. The van der Waals surface area contributed by atoms with Crippen molar-refractivity contribution in [2.24, 2.45) is 5.92 Å². The Morgan fingerprint density at radius 2 is 1.88 bits per heavy atom. The summed E-state index contributed by atoms with van der Waals surface area (Å²) in [5.41, 5.74) is 0. The van der Waals surface area contributed by atoms with Crippen LogP contribution in [0.4, 0.5) is 13.2 Å². The second-order valence-corrected chi connectivity index (χ2v) is 4.45. The summed E-state index contributed by atoms with van der Waals surface area (Å²) >= 11 is 0. The van der Waals surface area contributed by atoms with Crippen molar-refractivity contribution in [3.05, 3.63) is 0 Å². The van der Waals surface area contributed by atoms with Gasteiger partial charge in [-0.15, -0.1) is 0 Å². The SMILES string of the molecule is CCCNCCC(C)CCCOCC(F)(F)F. The summed E-state index contributed by atoms with van der Waals surface area (Å²) in [5.74, 6) is 0.536. The molecular weight excluding hydrogens is 231 g/mol. The number of rotatable bonds is 10. The van der Waals surface area contributed by atoms with Crippen molar-refractivity contribution in [3.63, 3.8) is 0 Å². The molecule has 0 aromatic carbocycles. The van der Waals surface area contributed by atoms with Crippen LogP contribution >= 0.6 is 0 Å². The van der Waals surface area contributed by atoms with Crippen LogP contribution in [0.5, 0.6) is 0 Å². The predicted octanol–water partition coefficient (Wildman–Crippen LogP) is 3.37. The Labute approximate surface area is 102 Å². The third-order valence-corrected chi connectivity index (χ3v) is 2.49. The van der Waals surface area contributed by atoms with E-state index < -0.39 is 12.8 Å². The van der Waals surface area contributed by atoms with Crippen LogP contribution in [0.25, 0.3) is 0 Å². The van der Waals surface area contributed by atoms with Crippen molar-refractivity contribution in [1.82, 2.24) is 5.32 Å². The fourth-order valence-electron chi connectivity index (χ4n) is 1.52. The van der Waals surface area contributed by atoms with E-state index >= 15 is 0 Å². The van der Waals surface area contributed by atoms with Gasteiger partial charge in [0.25, 0.3) is 0 Å². The van der Waals surface area contributed by atoms with Crippen LogP contribution in [0, 0.1) is 5.92 Å². The molecule has 0 aliphatic carbocycles. The normalized spacial score (nSPS) is 13.9. The number of hydrogen-bond acceptors (Lipinski definition) is 2. The van der Waals surface area contributed by atoms with Crippen molar-refractivity contribution in [1.29, 1.82) is 0 Å². The molecule has 0 saturated heterocycles. The van der Waals surface area contributed by atoms with Crippen molar-refractivity contribution in [2.75, 3.05) is 26.3 Å². The van der Waals surface area contributed by atoms with E-state index in [0.717, 1.165) is 32.4 Å². The zero-order valence-electron chi connectivity index (χ0n) is 10.8. The maximum absolute atomic E-state index is 11.7. The minimum atomic E-state index is -4.20. The smallest absolute Gasteiger partial charge is 0.372 e. The number of alkyl halides is 3.